The van der Waals surface area contributed by atoms with Crippen LogP contribution in [0.3, 0.4) is 0 Å². The Morgan fingerprint density at radius 3 is 2.94 bits per heavy atom. The SMILES string of the molecule is COc1cc(/C=N/NC(N)=O)cc(Br)c1O. The average molecular weight is 288 g/mol. The number of phenolic OH excluding ortho intramolecular Hbond substituents is 1. The largest absolute Gasteiger partial charge is 0.503 e. The highest BCUT2D eigenvalue weighted by atomic mass is 79.9. The van der Waals surface area contributed by atoms with E-state index in [0.717, 1.165) is 0 Å². The van der Waals surface area contributed by atoms with Gasteiger partial charge in [0.05, 0.1) is 17.8 Å². The van der Waals surface area contributed by atoms with Gasteiger partial charge in [0.2, 0.25) is 0 Å². The van der Waals surface area contributed by atoms with Gasteiger partial charge in [0.15, 0.2) is 11.5 Å². The smallest absolute Gasteiger partial charge is 0.332 e. The second-order valence-electron chi connectivity index (χ2n) is 2.79. The van der Waals surface area contributed by atoms with E-state index >= 15 is 0 Å². The number of nitrogens with two attached hydrogens (primary N) is 1. The Morgan fingerprint density at radius 2 is 2.38 bits per heavy atom. The van der Waals surface area contributed by atoms with Gasteiger partial charge in [-0.05, 0) is 33.6 Å². The summed E-state index contributed by atoms with van der Waals surface area (Å²) in [6.45, 7) is 0. The molecule has 1 aromatic carbocycles. The Balaban J connectivity index is 2.93. The van der Waals surface area contributed by atoms with Crippen molar-refractivity contribution in [3.8, 4) is 11.5 Å². The van der Waals surface area contributed by atoms with Gasteiger partial charge in [-0.25, -0.2) is 10.2 Å². The minimum Gasteiger partial charge on any atom is -0.503 e. The molecule has 0 radical (unpaired) electrons. The van der Waals surface area contributed by atoms with Gasteiger partial charge in [0.25, 0.3) is 0 Å². The number of hydrazone groups is 1. The van der Waals surface area contributed by atoms with Crippen molar-refractivity contribution < 1.29 is 14.6 Å². The van der Waals surface area contributed by atoms with Gasteiger partial charge in [-0.2, -0.15) is 5.10 Å². The van der Waals surface area contributed by atoms with E-state index in [0.29, 0.717) is 15.8 Å². The van der Waals surface area contributed by atoms with Gasteiger partial charge >= 0.3 is 6.03 Å². The number of hydrogen-bond donors (Lipinski definition) is 3. The molecule has 0 saturated carbocycles. The summed E-state index contributed by atoms with van der Waals surface area (Å²) in [7, 11) is 1.43. The van der Waals surface area contributed by atoms with Crippen LogP contribution in [0.15, 0.2) is 21.7 Å². The number of phenols is 1. The van der Waals surface area contributed by atoms with E-state index in [1.54, 1.807) is 12.1 Å². The van der Waals surface area contributed by atoms with Crippen LogP contribution in [0, 0.1) is 0 Å². The second kappa shape index (κ2) is 5.36. The number of benzene rings is 1. The number of nitrogens with one attached hydrogen (secondary N) is 1. The van der Waals surface area contributed by atoms with Crippen molar-refractivity contribution in [1.29, 1.82) is 0 Å². The quantitative estimate of drug-likeness (QED) is 0.575. The maximum absolute atomic E-state index is 10.4. The zero-order valence-corrected chi connectivity index (χ0v) is 9.98. The van der Waals surface area contributed by atoms with Crippen molar-refractivity contribution in [2.75, 3.05) is 7.11 Å². The minimum atomic E-state index is -0.749. The number of nitrogens with zero attached hydrogens (tertiary/aromatic N) is 1. The van der Waals surface area contributed by atoms with E-state index < -0.39 is 6.03 Å². The summed E-state index contributed by atoms with van der Waals surface area (Å²) in [4.78, 5) is 10.4. The second-order valence-corrected chi connectivity index (χ2v) is 3.64. The van der Waals surface area contributed by atoms with E-state index in [1.165, 1.54) is 13.3 Å². The van der Waals surface area contributed by atoms with Gasteiger partial charge in [-0.15, -0.1) is 0 Å². The first kappa shape index (κ1) is 12.3. The van der Waals surface area contributed by atoms with Crippen LogP contribution in [0.2, 0.25) is 0 Å². The Morgan fingerprint density at radius 1 is 1.69 bits per heavy atom. The van der Waals surface area contributed by atoms with E-state index in [1.807, 2.05) is 0 Å². The lowest BCUT2D eigenvalue weighted by Crippen LogP contribution is -2.24. The molecule has 0 spiro atoms. The predicted octanol–water partition coefficient (Wildman–Crippen LogP) is 1.17. The molecule has 6 nitrogen and oxygen atoms in total. The van der Waals surface area contributed by atoms with Crippen molar-refractivity contribution >= 4 is 28.2 Å². The first-order valence-electron chi connectivity index (χ1n) is 4.19. The molecule has 0 aromatic heterocycles. The monoisotopic (exact) mass is 287 g/mol. The molecule has 86 valence electrons. The Kier molecular flexibility index (Phi) is 4.12. The molecule has 0 saturated heterocycles. The first-order valence-corrected chi connectivity index (χ1v) is 4.99. The molecule has 1 rings (SSSR count). The molecule has 4 N–H and O–H groups in total. The summed E-state index contributed by atoms with van der Waals surface area (Å²) in [5, 5.41) is 13.1. The first-order chi connectivity index (χ1) is 7.54. The molecule has 0 aliphatic rings. The summed E-state index contributed by atoms with van der Waals surface area (Å²) >= 11 is 3.15. The summed E-state index contributed by atoms with van der Waals surface area (Å²) < 4.78 is 5.41. The highest BCUT2D eigenvalue weighted by molar-refractivity contribution is 9.10. The van der Waals surface area contributed by atoms with Gasteiger partial charge < -0.3 is 15.6 Å². The Labute approximate surface area is 100 Å². The van der Waals surface area contributed by atoms with E-state index in [9.17, 15) is 9.90 Å². The molecule has 0 aliphatic carbocycles. The van der Waals surface area contributed by atoms with Crippen LogP contribution in [-0.4, -0.2) is 24.5 Å². The van der Waals surface area contributed by atoms with Crippen LogP contribution < -0.4 is 15.9 Å². The molecule has 7 heteroatoms. The highest BCUT2D eigenvalue weighted by Crippen LogP contribution is 2.34. The average Bonchev–Trinajstić information content (AvgIpc) is 2.22. The number of methoxy groups -OCH3 is 1. The number of carbonyl (C=O) groups is 1. The zero-order valence-electron chi connectivity index (χ0n) is 8.40. The summed E-state index contributed by atoms with van der Waals surface area (Å²) in [5.74, 6) is 0.303. The third kappa shape index (κ3) is 3.13. The molecule has 1 aromatic rings. The van der Waals surface area contributed by atoms with Crippen LogP contribution in [0.25, 0.3) is 0 Å². The van der Waals surface area contributed by atoms with Crippen LogP contribution in [-0.2, 0) is 0 Å². The standard InChI is InChI=1S/C9H10BrN3O3/c1-16-7-3-5(2-6(10)8(7)14)4-12-13-9(11)15/h2-4,14H,1H3,(H3,11,13,15)/b12-4+. The van der Waals surface area contributed by atoms with Gasteiger partial charge in [-0.3, -0.25) is 0 Å². The zero-order chi connectivity index (χ0) is 12.1. The summed E-state index contributed by atoms with van der Waals surface area (Å²) in [5.41, 5.74) is 7.52. The van der Waals surface area contributed by atoms with Crippen molar-refractivity contribution in [3.63, 3.8) is 0 Å². The number of aromatic hydroxyl groups is 1. The number of hydrogen-bond acceptors (Lipinski definition) is 4. The third-order valence-corrected chi connectivity index (χ3v) is 2.26. The van der Waals surface area contributed by atoms with Crippen molar-refractivity contribution in [2.24, 2.45) is 10.8 Å². The van der Waals surface area contributed by atoms with Gasteiger partial charge in [0.1, 0.15) is 0 Å². The molecule has 0 atom stereocenters. The fourth-order valence-electron chi connectivity index (χ4n) is 0.994. The molecule has 16 heavy (non-hydrogen) atoms. The predicted molar refractivity (Wildman–Crippen MR) is 62.7 cm³/mol. The number of urea groups is 1. The fourth-order valence-corrected chi connectivity index (χ4v) is 1.45. The van der Waals surface area contributed by atoms with Crippen LogP contribution >= 0.6 is 15.9 Å². The maximum atomic E-state index is 10.4. The molecular weight excluding hydrogens is 278 g/mol. The van der Waals surface area contributed by atoms with E-state index in [4.69, 9.17) is 10.5 Å². The molecule has 0 bridgehead atoms. The number of primary amides is 1. The van der Waals surface area contributed by atoms with Gasteiger partial charge in [0, 0.05) is 0 Å². The molecule has 2 amide bonds. The minimum absolute atomic E-state index is 0.00232. The molecular formula is C9H10BrN3O3. The Bertz CT molecular complexity index is 434. The highest BCUT2D eigenvalue weighted by Gasteiger charge is 2.07. The number of rotatable bonds is 3. The fraction of sp³-hybridized carbons (Fsp3) is 0.111. The number of halogens is 1. The summed E-state index contributed by atoms with van der Waals surface area (Å²) in [6, 6.07) is 2.43. The topological polar surface area (TPSA) is 96.9 Å². The van der Waals surface area contributed by atoms with Crippen molar-refractivity contribution in [3.05, 3.63) is 22.2 Å². The third-order valence-electron chi connectivity index (χ3n) is 1.66. The lowest BCUT2D eigenvalue weighted by molar-refractivity contribution is 0.249. The number of amides is 2. The van der Waals surface area contributed by atoms with E-state index in [-0.39, 0.29) is 5.75 Å². The van der Waals surface area contributed by atoms with Crippen LogP contribution in [0.4, 0.5) is 4.79 Å². The lowest BCUT2D eigenvalue weighted by Gasteiger charge is -2.06. The van der Waals surface area contributed by atoms with Crippen LogP contribution in [0.1, 0.15) is 5.56 Å². The molecule has 0 heterocycles. The van der Waals surface area contributed by atoms with E-state index in [2.05, 4.69) is 26.5 Å². The molecule has 0 fully saturated rings. The molecule has 0 unspecified atom stereocenters. The number of carbonyl (C=O) groups excluding carboxylic acids is 1. The van der Waals surface area contributed by atoms with Crippen molar-refractivity contribution in [2.45, 2.75) is 0 Å². The summed E-state index contributed by atoms with van der Waals surface area (Å²) in [6.07, 6.45) is 1.37. The maximum Gasteiger partial charge on any atom is 0.332 e. The molecule has 0 aliphatic heterocycles. The lowest BCUT2D eigenvalue weighted by atomic mass is 10.2. The van der Waals surface area contributed by atoms with Crippen LogP contribution in [0.5, 0.6) is 11.5 Å². The Hall–Kier alpha value is -1.76. The van der Waals surface area contributed by atoms with Crippen molar-refractivity contribution in [1.82, 2.24) is 5.43 Å². The van der Waals surface area contributed by atoms with Gasteiger partial charge in [-0.1, -0.05) is 0 Å². The normalized spacial score (nSPS) is 10.4. The number of ether oxygens (including phenoxy) is 1.